The van der Waals surface area contributed by atoms with Gasteiger partial charge in [0.2, 0.25) is 0 Å². The third-order valence-corrected chi connectivity index (χ3v) is 1.27. The number of hydrogen-bond acceptors (Lipinski definition) is 2. The van der Waals surface area contributed by atoms with Crippen LogP contribution in [0.1, 0.15) is 12.1 Å². The largest absolute Gasteiger partial charge is 0.355 e. The summed E-state index contributed by atoms with van der Waals surface area (Å²) in [6.07, 6.45) is 2.23. The molecule has 1 rings (SSSR count). The quantitative estimate of drug-likeness (QED) is 0.574. The SMILES string of the molecule is NCCC#Cc1cc(=O)cc[nH]1. The summed E-state index contributed by atoms with van der Waals surface area (Å²) in [4.78, 5) is 13.7. The Morgan fingerprint density at radius 2 is 2.42 bits per heavy atom. The highest BCUT2D eigenvalue weighted by Crippen LogP contribution is 1.84. The van der Waals surface area contributed by atoms with Crippen molar-refractivity contribution in [3.63, 3.8) is 0 Å². The molecule has 0 aliphatic carbocycles. The van der Waals surface area contributed by atoms with Gasteiger partial charge in [0.05, 0.1) is 5.69 Å². The lowest BCUT2D eigenvalue weighted by molar-refractivity contribution is 1.03. The Hall–Kier alpha value is -1.53. The van der Waals surface area contributed by atoms with Crippen LogP contribution < -0.4 is 11.2 Å². The van der Waals surface area contributed by atoms with E-state index in [0.29, 0.717) is 18.7 Å². The van der Waals surface area contributed by atoms with Crippen molar-refractivity contribution in [1.29, 1.82) is 0 Å². The zero-order chi connectivity index (χ0) is 8.81. The summed E-state index contributed by atoms with van der Waals surface area (Å²) in [5.41, 5.74) is 5.85. The van der Waals surface area contributed by atoms with Crippen LogP contribution in [0.15, 0.2) is 23.1 Å². The van der Waals surface area contributed by atoms with E-state index in [0.717, 1.165) is 0 Å². The summed E-state index contributed by atoms with van der Waals surface area (Å²) >= 11 is 0. The van der Waals surface area contributed by atoms with Gasteiger partial charge in [0.1, 0.15) is 0 Å². The number of nitrogens with one attached hydrogen (secondary N) is 1. The number of pyridine rings is 1. The molecule has 0 amide bonds. The second-order valence-corrected chi connectivity index (χ2v) is 2.28. The van der Waals surface area contributed by atoms with Gasteiger partial charge in [-0.2, -0.15) is 0 Å². The van der Waals surface area contributed by atoms with E-state index in [1.54, 1.807) is 6.20 Å². The second-order valence-electron chi connectivity index (χ2n) is 2.28. The third kappa shape index (κ3) is 2.60. The van der Waals surface area contributed by atoms with E-state index in [1.807, 2.05) is 0 Å². The van der Waals surface area contributed by atoms with Crippen molar-refractivity contribution in [2.45, 2.75) is 6.42 Å². The van der Waals surface area contributed by atoms with Gasteiger partial charge in [0, 0.05) is 31.3 Å². The van der Waals surface area contributed by atoms with Crippen molar-refractivity contribution in [3.05, 3.63) is 34.2 Å². The fourth-order valence-corrected chi connectivity index (χ4v) is 0.748. The molecule has 3 N–H and O–H groups in total. The van der Waals surface area contributed by atoms with E-state index in [1.165, 1.54) is 12.1 Å². The van der Waals surface area contributed by atoms with Crippen LogP contribution in [0.4, 0.5) is 0 Å². The highest BCUT2D eigenvalue weighted by Gasteiger charge is 1.85. The molecule has 0 aliphatic heterocycles. The molecule has 3 heteroatoms. The molecule has 62 valence electrons. The van der Waals surface area contributed by atoms with Crippen molar-refractivity contribution in [2.75, 3.05) is 6.54 Å². The van der Waals surface area contributed by atoms with Gasteiger partial charge in [0.25, 0.3) is 0 Å². The molecule has 1 aromatic heterocycles. The Bertz CT molecular complexity index is 357. The van der Waals surface area contributed by atoms with Gasteiger partial charge in [-0.25, -0.2) is 0 Å². The summed E-state index contributed by atoms with van der Waals surface area (Å²) in [5.74, 6) is 5.63. The van der Waals surface area contributed by atoms with Crippen LogP contribution in [-0.4, -0.2) is 11.5 Å². The summed E-state index contributed by atoms with van der Waals surface area (Å²) in [6.45, 7) is 0.546. The normalized spacial score (nSPS) is 8.75. The molecule has 0 radical (unpaired) electrons. The topological polar surface area (TPSA) is 58.9 Å². The van der Waals surface area contributed by atoms with Crippen LogP contribution in [0.25, 0.3) is 0 Å². The van der Waals surface area contributed by atoms with E-state index in [2.05, 4.69) is 16.8 Å². The lowest BCUT2D eigenvalue weighted by Gasteiger charge is -1.86. The fraction of sp³-hybridized carbons (Fsp3) is 0.222. The molecule has 0 atom stereocenters. The first kappa shape index (κ1) is 8.57. The zero-order valence-corrected chi connectivity index (χ0v) is 6.63. The molecule has 0 aliphatic rings. The van der Waals surface area contributed by atoms with Crippen LogP contribution in [0.2, 0.25) is 0 Å². The van der Waals surface area contributed by atoms with E-state index in [4.69, 9.17) is 5.73 Å². The number of hydrogen-bond donors (Lipinski definition) is 2. The van der Waals surface area contributed by atoms with Gasteiger partial charge in [-0.05, 0) is 5.92 Å². The molecule has 0 unspecified atom stereocenters. The Morgan fingerprint density at radius 1 is 1.58 bits per heavy atom. The van der Waals surface area contributed by atoms with Gasteiger partial charge < -0.3 is 10.7 Å². The predicted octanol–water partition coefficient (Wildman–Crippen LogP) is 0.0752. The van der Waals surface area contributed by atoms with Crippen LogP contribution in [0.5, 0.6) is 0 Å². The van der Waals surface area contributed by atoms with Gasteiger partial charge >= 0.3 is 0 Å². The molecule has 0 aromatic carbocycles. The number of rotatable bonds is 1. The average molecular weight is 162 g/mol. The van der Waals surface area contributed by atoms with Gasteiger partial charge in [-0.3, -0.25) is 4.79 Å². The van der Waals surface area contributed by atoms with E-state index in [-0.39, 0.29) is 5.43 Å². The number of aromatic nitrogens is 1. The maximum absolute atomic E-state index is 10.8. The maximum Gasteiger partial charge on any atom is 0.182 e. The Balaban J connectivity index is 2.78. The Morgan fingerprint density at radius 3 is 3.08 bits per heavy atom. The van der Waals surface area contributed by atoms with Crippen LogP contribution >= 0.6 is 0 Å². The third-order valence-electron chi connectivity index (χ3n) is 1.27. The van der Waals surface area contributed by atoms with Crippen molar-refractivity contribution in [1.82, 2.24) is 4.98 Å². The monoisotopic (exact) mass is 162 g/mol. The molecular formula is C9H10N2O. The maximum atomic E-state index is 10.8. The number of aromatic amines is 1. The van der Waals surface area contributed by atoms with Crippen molar-refractivity contribution in [3.8, 4) is 11.8 Å². The van der Waals surface area contributed by atoms with Gasteiger partial charge in [-0.15, -0.1) is 0 Å². The molecule has 1 heterocycles. The van der Waals surface area contributed by atoms with Gasteiger partial charge in [-0.1, -0.05) is 5.92 Å². The predicted molar refractivity (Wildman–Crippen MR) is 47.6 cm³/mol. The van der Waals surface area contributed by atoms with Crippen molar-refractivity contribution in [2.24, 2.45) is 5.73 Å². The highest BCUT2D eigenvalue weighted by atomic mass is 16.1. The molecule has 0 saturated heterocycles. The van der Waals surface area contributed by atoms with E-state index < -0.39 is 0 Å². The minimum Gasteiger partial charge on any atom is -0.355 e. The molecular weight excluding hydrogens is 152 g/mol. The van der Waals surface area contributed by atoms with Gasteiger partial charge in [0.15, 0.2) is 5.43 Å². The first-order valence-corrected chi connectivity index (χ1v) is 3.70. The first-order chi connectivity index (χ1) is 5.83. The zero-order valence-electron chi connectivity index (χ0n) is 6.63. The number of nitrogens with two attached hydrogens (primary N) is 1. The Labute approximate surface area is 70.6 Å². The molecule has 1 aromatic rings. The fourth-order valence-electron chi connectivity index (χ4n) is 0.748. The van der Waals surface area contributed by atoms with E-state index in [9.17, 15) is 4.79 Å². The van der Waals surface area contributed by atoms with Crippen LogP contribution in [-0.2, 0) is 0 Å². The molecule has 0 spiro atoms. The summed E-state index contributed by atoms with van der Waals surface area (Å²) in [7, 11) is 0. The summed E-state index contributed by atoms with van der Waals surface area (Å²) in [6, 6.07) is 2.91. The second kappa shape index (κ2) is 4.37. The molecule has 0 bridgehead atoms. The molecule has 0 saturated carbocycles. The highest BCUT2D eigenvalue weighted by molar-refractivity contribution is 5.26. The molecule has 0 fully saturated rings. The van der Waals surface area contributed by atoms with Crippen LogP contribution in [0, 0.1) is 11.8 Å². The Kier molecular flexibility index (Phi) is 3.12. The lowest BCUT2D eigenvalue weighted by Crippen LogP contribution is -1.98. The number of H-pyrrole nitrogens is 1. The average Bonchev–Trinajstić information content (AvgIpc) is 2.05. The molecule has 3 nitrogen and oxygen atoms in total. The van der Waals surface area contributed by atoms with Crippen molar-refractivity contribution < 1.29 is 0 Å². The first-order valence-electron chi connectivity index (χ1n) is 3.70. The van der Waals surface area contributed by atoms with Crippen LogP contribution in [0.3, 0.4) is 0 Å². The summed E-state index contributed by atoms with van der Waals surface area (Å²) in [5, 5.41) is 0. The lowest BCUT2D eigenvalue weighted by atomic mass is 10.3. The molecule has 12 heavy (non-hydrogen) atoms. The van der Waals surface area contributed by atoms with E-state index >= 15 is 0 Å². The smallest absolute Gasteiger partial charge is 0.182 e. The standard InChI is InChI=1S/C9H10N2O/c10-5-2-1-3-8-7-9(12)4-6-11-8/h4,6-7H,2,5,10H2,(H,11,12). The minimum atomic E-state index is -0.0363. The van der Waals surface area contributed by atoms with Crippen molar-refractivity contribution >= 4 is 0 Å². The minimum absolute atomic E-state index is 0.0363. The summed E-state index contributed by atoms with van der Waals surface area (Å²) < 4.78 is 0.